The standard InChI is InChI=1S/C9H13BrN2O3S/c1-7-5-9(11-6-8(7)10)12-16(13,14)4-3-15-2/h5-6H,3-4H2,1-2H3,(H,11,12). The van der Waals surface area contributed by atoms with Gasteiger partial charge in [0.15, 0.2) is 0 Å². The lowest BCUT2D eigenvalue weighted by Crippen LogP contribution is -2.20. The third kappa shape index (κ3) is 4.07. The van der Waals surface area contributed by atoms with E-state index in [0.29, 0.717) is 5.82 Å². The van der Waals surface area contributed by atoms with Crippen molar-refractivity contribution in [1.29, 1.82) is 0 Å². The van der Waals surface area contributed by atoms with Crippen molar-refractivity contribution in [2.45, 2.75) is 6.92 Å². The molecule has 1 heterocycles. The molecule has 0 amide bonds. The summed E-state index contributed by atoms with van der Waals surface area (Å²) in [5, 5.41) is 0. The Morgan fingerprint density at radius 3 is 2.81 bits per heavy atom. The first-order valence-electron chi connectivity index (χ1n) is 4.56. The Morgan fingerprint density at radius 2 is 2.25 bits per heavy atom. The Labute approximate surface area is 103 Å². The van der Waals surface area contributed by atoms with Crippen LogP contribution in [0.2, 0.25) is 0 Å². The summed E-state index contributed by atoms with van der Waals surface area (Å²) in [7, 11) is -1.92. The molecule has 16 heavy (non-hydrogen) atoms. The molecule has 1 rings (SSSR count). The summed E-state index contributed by atoms with van der Waals surface area (Å²) in [5.74, 6) is 0.233. The van der Waals surface area contributed by atoms with Crippen LogP contribution in [0.3, 0.4) is 0 Å². The van der Waals surface area contributed by atoms with E-state index in [1.807, 2.05) is 6.92 Å². The summed E-state index contributed by atoms with van der Waals surface area (Å²) in [6, 6.07) is 1.66. The molecular formula is C9H13BrN2O3S. The minimum atomic E-state index is -3.38. The van der Waals surface area contributed by atoms with Crippen LogP contribution in [-0.4, -0.2) is 32.9 Å². The average Bonchev–Trinajstić information content (AvgIpc) is 2.20. The lowest BCUT2D eigenvalue weighted by Gasteiger charge is -2.07. The van der Waals surface area contributed by atoms with Crippen molar-refractivity contribution in [3.8, 4) is 0 Å². The van der Waals surface area contributed by atoms with Gasteiger partial charge in [-0.05, 0) is 34.5 Å². The van der Waals surface area contributed by atoms with E-state index in [9.17, 15) is 8.42 Å². The summed E-state index contributed by atoms with van der Waals surface area (Å²) >= 11 is 3.29. The highest BCUT2D eigenvalue weighted by Crippen LogP contribution is 2.17. The van der Waals surface area contributed by atoms with Crippen molar-refractivity contribution in [3.05, 3.63) is 22.3 Å². The lowest BCUT2D eigenvalue weighted by atomic mass is 10.3. The van der Waals surface area contributed by atoms with Gasteiger partial charge in [-0.3, -0.25) is 4.72 Å². The summed E-state index contributed by atoms with van der Waals surface area (Å²) in [6.45, 7) is 2.02. The number of halogens is 1. The maximum absolute atomic E-state index is 11.5. The number of hydrogen-bond acceptors (Lipinski definition) is 4. The molecule has 1 aromatic rings. The van der Waals surface area contributed by atoms with Gasteiger partial charge in [0.2, 0.25) is 10.0 Å². The molecule has 0 bridgehead atoms. The molecule has 0 aromatic carbocycles. The van der Waals surface area contributed by atoms with Gasteiger partial charge in [0.25, 0.3) is 0 Å². The predicted octanol–water partition coefficient (Wildman–Crippen LogP) is 1.54. The van der Waals surface area contributed by atoms with Gasteiger partial charge < -0.3 is 4.74 Å². The molecule has 0 unspecified atom stereocenters. The molecule has 0 aliphatic heterocycles. The number of nitrogens with zero attached hydrogens (tertiary/aromatic N) is 1. The van der Waals surface area contributed by atoms with E-state index < -0.39 is 10.0 Å². The maximum Gasteiger partial charge on any atom is 0.236 e. The van der Waals surface area contributed by atoms with Gasteiger partial charge in [-0.1, -0.05) is 0 Å². The van der Waals surface area contributed by atoms with Crippen molar-refractivity contribution in [1.82, 2.24) is 4.98 Å². The number of pyridine rings is 1. The fourth-order valence-electron chi connectivity index (χ4n) is 0.999. The van der Waals surface area contributed by atoms with Crippen molar-refractivity contribution in [2.75, 3.05) is 24.2 Å². The Hall–Kier alpha value is -0.660. The molecule has 0 radical (unpaired) electrons. The molecule has 0 aliphatic rings. The number of rotatable bonds is 5. The largest absolute Gasteiger partial charge is 0.384 e. The molecule has 0 saturated heterocycles. The van der Waals surface area contributed by atoms with E-state index in [0.717, 1.165) is 10.0 Å². The van der Waals surface area contributed by atoms with Gasteiger partial charge in [-0.15, -0.1) is 0 Å². The molecule has 1 aromatic heterocycles. The SMILES string of the molecule is COCCS(=O)(=O)Nc1cc(C)c(Br)cn1. The molecule has 0 aliphatic carbocycles. The summed E-state index contributed by atoms with van der Waals surface area (Å²) in [6.07, 6.45) is 1.56. The molecule has 0 spiro atoms. The zero-order valence-corrected chi connectivity index (χ0v) is 11.4. The number of aromatic nitrogens is 1. The van der Waals surface area contributed by atoms with Crippen LogP contribution in [0.1, 0.15) is 5.56 Å². The smallest absolute Gasteiger partial charge is 0.236 e. The molecule has 5 nitrogen and oxygen atoms in total. The van der Waals surface area contributed by atoms with Crippen LogP contribution in [0.25, 0.3) is 0 Å². The zero-order valence-electron chi connectivity index (χ0n) is 9.03. The fraction of sp³-hybridized carbons (Fsp3) is 0.444. The molecule has 7 heteroatoms. The Kier molecular flexibility index (Phi) is 4.69. The van der Waals surface area contributed by atoms with Crippen LogP contribution >= 0.6 is 15.9 Å². The van der Waals surface area contributed by atoms with Crippen molar-refractivity contribution in [3.63, 3.8) is 0 Å². The number of aryl methyl sites for hydroxylation is 1. The van der Waals surface area contributed by atoms with Crippen molar-refractivity contribution in [2.24, 2.45) is 0 Å². The van der Waals surface area contributed by atoms with Crippen LogP contribution in [0.15, 0.2) is 16.7 Å². The number of ether oxygens (including phenoxy) is 1. The van der Waals surface area contributed by atoms with Crippen LogP contribution in [-0.2, 0) is 14.8 Å². The Bertz CT molecular complexity index is 462. The first-order chi connectivity index (χ1) is 7.44. The number of methoxy groups -OCH3 is 1. The van der Waals surface area contributed by atoms with E-state index >= 15 is 0 Å². The van der Waals surface area contributed by atoms with Gasteiger partial charge in [0.05, 0.1) is 12.4 Å². The summed E-state index contributed by atoms with van der Waals surface area (Å²) < 4.78 is 31.0. The molecule has 0 atom stereocenters. The van der Waals surface area contributed by atoms with Crippen molar-refractivity contribution >= 4 is 31.8 Å². The maximum atomic E-state index is 11.5. The lowest BCUT2D eigenvalue weighted by molar-refractivity contribution is 0.217. The van der Waals surface area contributed by atoms with Crippen LogP contribution < -0.4 is 4.72 Å². The van der Waals surface area contributed by atoms with E-state index in [-0.39, 0.29) is 12.4 Å². The van der Waals surface area contributed by atoms with E-state index in [2.05, 4.69) is 25.6 Å². The van der Waals surface area contributed by atoms with Gasteiger partial charge in [0.1, 0.15) is 5.82 Å². The first kappa shape index (κ1) is 13.4. The van der Waals surface area contributed by atoms with E-state index in [1.165, 1.54) is 7.11 Å². The first-order valence-corrected chi connectivity index (χ1v) is 7.01. The van der Waals surface area contributed by atoms with E-state index in [4.69, 9.17) is 4.74 Å². The fourth-order valence-corrected chi connectivity index (χ4v) is 2.13. The highest BCUT2D eigenvalue weighted by Gasteiger charge is 2.11. The second kappa shape index (κ2) is 5.60. The summed E-state index contributed by atoms with van der Waals surface area (Å²) in [5.41, 5.74) is 0.916. The quantitative estimate of drug-likeness (QED) is 0.896. The third-order valence-electron chi connectivity index (χ3n) is 1.86. The Balaban J connectivity index is 2.76. The minimum Gasteiger partial charge on any atom is -0.384 e. The number of anilines is 1. The van der Waals surface area contributed by atoms with Gasteiger partial charge >= 0.3 is 0 Å². The molecular weight excluding hydrogens is 296 g/mol. The van der Waals surface area contributed by atoms with Gasteiger partial charge in [-0.2, -0.15) is 0 Å². The highest BCUT2D eigenvalue weighted by molar-refractivity contribution is 9.10. The second-order valence-corrected chi connectivity index (χ2v) is 5.93. The number of nitrogens with one attached hydrogen (secondary N) is 1. The second-order valence-electron chi connectivity index (χ2n) is 3.23. The topological polar surface area (TPSA) is 68.3 Å². The van der Waals surface area contributed by atoms with Gasteiger partial charge in [0, 0.05) is 17.8 Å². The highest BCUT2D eigenvalue weighted by atomic mass is 79.9. The molecule has 0 fully saturated rings. The zero-order chi connectivity index (χ0) is 12.2. The monoisotopic (exact) mass is 308 g/mol. The predicted molar refractivity (Wildman–Crippen MR) is 66.0 cm³/mol. The number of hydrogen-bond donors (Lipinski definition) is 1. The molecule has 0 saturated carbocycles. The molecule has 90 valence electrons. The summed E-state index contributed by atoms with van der Waals surface area (Å²) in [4.78, 5) is 3.95. The van der Waals surface area contributed by atoms with E-state index in [1.54, 1.807) is 12.3 Å². The normalized spacial score (nSPS) is 11.4. The van der Waals surface area contributed by atoms with Crippen LogP contribution in [0, 0.1) is 6.92 Å². The molecule has 1 N–H and O–H groups in total. The van der Waals surface area contributed by atoms with Crippen LogP contribution in [0.4, 0.5) is 5.82 Å². The van der Waals surface area contributed by atoms with Crippen LogP contribution in [0.5, 0.6) is 0 Å². The average molecular weight is 309 g/mol. The third-order valence-corrected chi connectivity index (χ3v) is 3.92. The number of sulfonamides is 1. The minimum absolute atomic E-state index is 0.0830. The van der Waals surface area contributed by atoms with Crippen molar-refractivity contribution < 1.29 is 13.2 Å². The van der Waals surface area contributed by atoms with Gasteiger partial charge in [-0.25, -0.2) is 13.4 Å². The Morgan fingerprint density at radius 1 is 1.56 bits per heavy atom.